The highest BCUT2D eigenvalue weighted by Gasteiger charge is 2.62. The van der Waals surface area contributed by atoms with E-state index in [1.54, 1.807) is 0 Å². The lowest BCUT2D eigenvalue weighted by molar-refractivity contribution is -0.398. The second-order valence-electron chi connectivity index (χ2n) is 29.6. The van der Waals surface area contributed by atoms with Gasteiger partial charge in [-0.25, -0.2) is 4.79 Å². The van der Waals surface area contributed by atoms with Crippen LogP contribution in [0.4, 0.5) is 0 Å². The summed E-state index contributed by atoms with van der Waals surface area (Å²) in [7, 11) is 0. The summed E-state index contributed by atoms with van der Waals surface area (Å²) >= 11 is 0. The molecule has 0 saturated carbocycles. The van der Waals surface area contributed by atoms with Crippen molar-refractivity contribution in [2.75, 3.05) is 59.5 Å². The molecule has 9 aliphatic rings. The summed E-state index contributed by atoms with van der Waals surface area (Å²) in [6, 6.07) is -7.34. The van der Waals surface area contributed by atoms with Crippen LogP contribution < -0.4 is 21.3 Å². The maximum absolute atomic E-state index is 13.1. The normalized spacial score (nSPS) is 47.6. The summed E-state index contributed by atoms with van der Waals surface area (Å²) in [5.74, 6) is -8.75. The first-order chi connectivity index (χ1) is 55.6. The Morgan fingerprint density at radius 2 is 0.686 bits per heavy atom. The molecule has 0 aliphatic carbocycles. The Kier molecular flexibility index (Phi) is 34.7. The molecule has 0 aromatic heterocycles. The quantitative estimate of drug-likeness (QED) is 0.0297. The van der Waals surface area contributed by atoms with E-state index in [9.17, 15) is 162 Å². The molecule has 9 saturated heterocycles. The molecule has 31 N–H and O–H groups in total. The van der Waals surface area contributed by atoms with Crippen molar-refractivity contribution in [3.63, 3.8) is 0 Å². The van der Waals surface area contributed by atoms with Gasteiger partial charge in [-0.15, -0.1) is 0 Å². The van der Waals surface area contributed by atoms with Gasteiger partial charge in [0.15, 0.2) is 50.3 Å². The summed E-state index contributed by atoms with van der Waals surface area (Å²) in [4.78, 5) is 63.3. The van der Waals surface area contributed by atoms with Crippen molar-refractivity contribution in [3.05, 3.63) is 0 Å². The van der Waals surface area contributed by atoms with Gasteiger partial charge in [-0.2, -0.15) is 0 Å². The number of carboxylic acids is 1. The van der Waals surface area contributed by atoms with Crippen LogP contribution in [0.5, 0.6) is 0 Å². The van der Waals surface area contributed by atoms with Crippen LogP contribution in [0, 0.1) is 0 Å². The van der Waals surface area contributed by atoms with E-state index in [0.29, 0.717) is 0 Å². The average molecular weight is 1730 g/mol. The minimum atomic E-state index is -3.09. The molecular weight excluding hydrogens is 1620 g/mol. The van der Waals surface area contributed by atoms with Crippen LogP contribution in [-0.2, 0) is 104 Å². The average Bonchev–Trinajstić information content (AvgIpc) is 0.765. The number of aliphatic hydroxyl groups is 26. The molecule has 9 rings (SSSR count). The first kappa shape index (κ1) is 97.4. The number of ether oxygens (including phenoxy) is 17. The molecular formula is C65H108N4O49. The molecule has 0 spiro atoms. The number of rotatable bonds is 32. The van der Waals surface area contributed by atoms with Crippen LogP contribution >= 0.6 is 0 Å². The van der Waals surface area contributed by atoms with Crippen LogP contribution in [-0.4, -0.2) is 509 Å². The predicted molar refractivity (Wildman–Crippen MR) is 361 cm³/mol. The van der Waals surface area contributed by atoms with Gasteiger partial charge in [0.05, 0.1) is 71.6 Å². The van der Waals surface area contributed by atoms with E-state index >= 15 is 0 Å². The molecule has 118 heavy (non-hydrogen) atoms. The minimum Gasteiger partial charge on any atom is -0.477 e. The molecule has 682 valence electrons. The van der Waals surface area contributed by atoms with Gasteiger partial charge in [0, 0.05) is 34.1 Å². The first-order valence-electron chi connectivity index (χ1n) is 37.3. The van der Waals surface area contributed by atoms with Gasteiger partial charge >= 0.3 is 5.97 Å². The summed E-state index contributed by atoms with van der Waals surface area (Å²) in [6.45, 7) is -6.52. The molecule has 53 heteroatoms. The van der Waals surface area contributed by atoms with E-state index in [1.807, 2.05) is 0 Å². The van der Waals surface area contributed by atoms with Crippen molar-refractivity contribution in [3.8, 4) is 0 Å². The Balaban J connectivity index is 1.00. The Labute approximate surface area is 666 Å². The zero-order chi connectivity index (χ0) is 87.3. The van der Waals surface area contributed by atoms with Crippen LogP contribution in [0.3, 0.4) is 0 Å². The number of aliphatic carboxylic acids is 1. The SMILES string of the molecule is CC(=O)N[C@@H]1[C@@H](O)[C@H](O[C@@H]2O[C@H](CO)[C@@H](O[C@@H]3O[C@H](CO[C@H]4O[C@H](CO)[C@@H](O)[C@H](O[C@H]5O[C@H](CO)[C@@H](O)[C@H](O)[C@@H]5O)[C@@H]4O)[C@@H](O)[C@H](O[C@H]4O[C@H](CO)[C@@H](O)[C@H](O)[C@@H]4O[C@@H]4O[C@H](CO)[C@@H](O[C@@H]5O[C@H](CO[C@]6(C(=O)O)C[C@H](O)[C@@H](NC(C)=O)[C@H]([C@H](O)[C@H](O)CO)O6)[C@H](O)[C@H](O)[C@H]5O)[C@H](O)[C@H]4NC(C)=O)[C@@H]3O)[C@H](O)[C@H]2NC(C)=O)[C@@H](CO)O[C@H]1O. The molecule has 9 fully saturated rings. The van der Waals surface area contributed by atoms with Crippen LogP contribution in [0.15, 0.2) is 0 Å². The lowest BCUT2D eigenvalue weighted by Crippen LogP contribution is -2.71. The van der Waals surface area contributed by atoms with Gasteiger partial charge in [0.2, 0.25) is 23.6 Å². The second kappa shape index (κ2) is 42.1. The fraction of sp³-hybridized carbons (Fsp3) is 0.923. The van der Waals surface area contributed by atoms with E-state index in [1.165, 1.54) is 0 Å². The summed E-state index contributed by atoms with van der Waals surface area (Å²) < 4.78 is 99.4. The number of carbonyl (C=O) groups excluding carboxylic acids is 4. The Hall–Kier alpha value is -4.37. The highest BCUT2D eigenvalue weighted by Crippen LogP contribution is 2.41. The monoisotopic (exact) mass is 1730 g/mol. The molecule has 9 aliphatic heterocycles. The van der Waals surface area contributed by atoms with Gasteiger partial charge in [0.25, 0.3) is 5.79 Å². The minimum absolute atomic E-state index is 0.793. The van der Waals surface area contributed by atoms with E-state index < -0.39 is 377 Å². The highest BCUT2D eigenvalue weighted by molar-refractivity contribution is 5.77. The first-order valence-corrected chi connectivity index (χ1v) is 37.3. The van der Waals surface area contributed by atoms with E-state index in [0.717, 1.165) is 27.7 Å². The number of carbonyl (C=O) groups is 5. The zero-order valence-electron chi connectivity index (χ0n) is 63.1. The summed E-state index contributed by atoms with van der Waals surface area (Å²) in [5.41, 5.74) is 0. The van der Waals surface area contributed by atoms with Gasteiger partial charge < -0.3 is 240 Å². The Morgan fingerprint density at radius 1 is 0.347 bits per heavy atom. The molecule has 0 aromatic rings. The molecule has 4 amide bonds. The van der Waals surface area contributed by atoms with Crippen molar-refractivity contribution < 1.29 is 242 Å². The molecule has 53 nitrogen and oxygen atoms in total. The van der Waals surface area contributed by atoms with Gasteiger partial charge in [-0.05, 0) is 0 Å². The fourth-order valence-corrected chi connectivity index (χ4v) is 15.1. The third kappa shape index (κ3) is 21.4. The van der Waals surface area contributed by atoms with Gasteiger partial charge in [-0.3, -0.25) is 19.2 Å². The van der Waals surface area contributed by atoms with E-state index in [2.05, 4.69) is 21.3 Å². The molecule has 0 bridgehead atoms. The number of carboxylic acid groups (broad SMARTS) is 1. The largest absolute Gasteiger partial charge is 0.477 e. The van der Waals surface area contributed by atoms with Crippen molar-refractivity contribution >= 4 is 29.6 Å². The summed E-state index contributed by atoms with van der Waals surface area (Å²) in [5, 5.41) is 308. The smallest absolute Gasteiger partial charge is 0.364 e. The maximum atomic E-state index is 13.1. The fourth-order valence-electron chi connectivity index (χ4n) is 15.1. The Morgan fingerprint density at radius 3 is 1.15 bits per heavy atom. The standard InChI is InChI=1S/C65H108N4O49/c1-15(77)66-29-19(81)5-65(64(100)101,118-52(29)33(83)20(82)6-70)103-14-28-36(86)43(93)46(96)61(111-28)113-50-25(11-75)109-58(32(41(50)91)69-18(4)80)117-55-44(94)35(85)22(8-72)107-63(55)116-54-38(88)27(13-102-59-47(97)53(37(87)23(9-73)105-59)115-60-45(95)42(92)34(84)21(7-71)106-60)110-62(48(54)98)114-51-26(12-76)108-57(31(40(51)90)68-17(3)79)112-49-24(10-74)104-56(99)30(39(49)89)67-16(2)78/h19-63,70-76,81-99H,5-14H2,1-4H3,(H,66,77)(H,67,78)(H,68,79)(H,69,80)(H,100,101)/t19-,20+,21+,22+,23+,24+,25+,26+,27+,28+,29+,30+,31+,32+,33+,34+,35+,36-,37+,38+,39+,40+,41+,42-,43-,44-,45-,46+,47-,48-,49+,50+,51+,52+,53-,54-,55-,56+,57-,58-,59-,60+,61-,62-,63+,65+/m0/s1. The molecule has 0 aromatic carbocycles. The maximum Gasteiger partial charge on any atom is 0.364 e. The third-order valence-corrected chi connectivity index (χ3v) is 21.3. The van der Waals surface area contributed by atoms with Crippen LogP contribution in [0.2, 0.25) is 0 Å². The van der Waals surface area contributed by atoms with Crippen molar-refractivity contribution in [1.29, 1.82) is 0 Å². The third-order valence-electron chi connectivity index (χ3n) is 21.3. The second-order valence-corrected chi connectivity index (χ2v) is 29.6. The van der Waals surface area contributed by atoms with Crippen molar-refractivity contribution in [1.82, 2.24) is 21.3 Å². The summed E-state index contributed by atoms with van der Waals surface area (Å²) in [6.07, 6.45) is -89.2. The number of aliphatic hydroxyl groups excluding tert-OH is 26. The Bertz CT molecular complexity index is 3210. The molecule has 46 atom stereocenters. The number of hydrogen-bond acceptors (Lipinski definition) is 48. The lowest BCUT2D eigenvalue weighted by Gasteiger charge is -2.51. The number of amides is 4. The van der Waals surface area contributed by atoms with E-state index in [4.69, 9.17) is 80.5 Å². The van der Waals surface area contributed by atoms with Gasteiger partial charge in [-0.1, -0.05) is 0 Å². The molecule has 0 unspecified atom stereocenters. The van der Waals surface area contributed by atoms with Crippen LogP contribution in [0.25, 0.3) is 0 Å². The topological polar surface area (TPSA) is 837 Å². The van der Waals surface area contributed by atoms with E-state index in [-0.39, 0.29) is 0 Å². The molecule has 9 heterocycles. The number of hydrogen-bond donors (Lipinski definition) is 31. The van der Waals surface area contributed by atoms with Crippen LogP contribution in [0.1, 0.15) is 34.1 Å². The predicted octanol–water partition coefficient (Wildman–Crippen LogP) is -20.8. The lowest BCUT2D eigenvalue weighted by atomic mass is 9.88. The van der Waals surface area contributed by atoms with Gasteiger partial charge in [0.1, 0.15) is 213 Å². The highest BCUT2D eigenvalue weighted by atomic mass is 16.8. The van der Waals surface area contributed by atoms with Crippen molar-refractivity contribution in [2.45, 2.75) is 316 Å². The van der Waals surface area contributed by atoms with Crippen molar-refractivity contribution in [2.24, 2.45) is 0 Å². The number of nitrogens with one attached hydrogen (secondary N) is 4. The molecule has 0 radical (unpaired) electrons. The zero-order valence-corrected chi connectivity index (χ0v) is 63.1.